The standard InChI is InChI=1S/C16H13NO2/c1-10-5-2-3-7-12(10)13-8-4-6-11-9-14(18)17-16(19)15(11)13/h2-8H,9H2,1H3,(H,17,18,19). The molecule has 0 spiro atoms. The molecule has 1 aliphatic rings. The van der Waals surface area contributed by atoms with Crippen LogP contribution in [0.25, 0.3) is 11.1 Å². The Morgan fingerprint density at radius 3 is 2.47 bits per heavy atom. The molecular weight excluding hydrogens is 238 g/mol. The number of carbonyl (C=O) groups excluding carboxylic acids is 2. The highest BCUT2D eigenvalue weighted by Crippen LogP contribution is 2.30. The van der Waals surface area contributed by atoms with Crippen LogP contribution in [0, 0.1) is 6.92 Å². The highest BCUT2D eigenvalue weighted by Gasteiger charge is 2.25. The van der Waals surface area contributed by atoms with Crippen LogP contribution in [0.1, 0.15) is 21.5 Å². The van der Waals surface area contributed by atoms with Crippen LogP contribution in [0.5, 0.6) is 0 Å². The Labute approximate surface area is 111 Å². The Balaban J connectivity index is 2.25. The lowest BCUT2D eigenvalue weighted by molar-refractivity contribution is -0.119. The number of amides is 2. The molecule has 0 unspecified atom stereocenters. The summed E-state index contributed by atoms with van der Waals surface area (Å²) in [4.78, 5) is 23.5. The first-order valence-corrected chi connectivity index (χ1v) is 6.19. The molecule has 2 amide bonds. The van der Waals surface area contributed by atoms with E-state index in [1.165, 1.54) is 0 Å². The SMILES string of the molecule is Cc1ccccc1-c1cccc2c1C(=O)NC(=O)C2. The van der Waals surface area contributed by atoms with Crippen molar-refractivity contribution in [2.24, 2.45) is 0 Å². The Morgan fingerprint density at radius 2 is 1.68 bits per heavy atom. The van der Waals surface area contributed by atoms with E-state index < -0.39 is 0 Å². The minimum atomic E-state index is -0.301. The predicted molar refractivity (Wildman–Crippen MR) is 72.8 cm³/mol. The molecule has 1 heterocycles. The van der Waals surface area contributed by atoms with E-state index in [0.717, 1.165) is 22.3 Å². The fraction of sp³-hybridized carbons (Fsp3) is 0.125. The second-order valence-corrected chi connectivity index (χ2v) is 4.71. The average Bonchev–Trinajstić information content (AvgIpc) is 2.38. The van der Waals surface area contributed by atoms with E-state index in [1.54, 1.807) is 0 Å². The Bertz CT molecular complexity index is 689. The van der Waals surface area contributed by atoms with E-state index in [1.807, 2.05) is 49.4 Å². The summed E-state index contributed by atoms with van der Waals surface area (Å²) in [6.07, 6.45) is 0.265. The van der Waals surface area contributed by atoms with Crippen LogP contribution in [0.3, 0.4) is 0 Å². The Morgan fingerprint density at radius 1 is 0.947 bits per heavy atom. The van der Waals surface area contributed by atoms with E-state index in [9.17, 15) is 9.59 Å². The molecule has 0 aromatic heterocycles. The lowest BCUT2D eigenvalue weighted by atomic mass is 9.89. The maximum atomic E-state index is 12.1. The van der Waals surface area contributed by atoms with E-state index in [0.29, 0.717) is 5.56 Å². The molecule has 0 bridgehead atoms. The average molecular weight is 251 g/mol. The van der Waals surface area contributed by atoms with Crippen molar-refractivity contribution in [3.63, 3.8) is 0 Å². The normalized spacial score (nSPS) is 13.9. The summed E-state index contributed by atoms with van der Waals surface area (Å²) in [5.74, 6) is -0.537. The molecule has 0 saturated carbocycles. The van der Waals surface area contributed by atoms with Gasteiger partial charge in [-0.05, 0) is 29.2 Å². The Kier molecular flexibility index (Phi) is 2.67. The van der Waals surface area contributed by atoms with Gasteiger partial charge in [0.05, 0.1) is 12.0 Å². The monoisotopic (exact) mass is 251 g/mol. The van der Waals surface area contributed by atoms with Gasteiger partial charge >= 0.3 is 0 Å². The number of nitrogens with one attached hydrogen (secondary N) is 1. The van der Waals surface area contributed by atoms with Crippen molar-refractivity contribution in [1.82, 2.24) is 5.32 Å². The number of carbonyl (C=O) groups is 2. The summed E-state index contributed by atoms with van der Waals surface area (Å²) < 4.78 is 0. The molecule has 3 nitrogen and oxygen atoms in total. The second-order valence-electron chi connectivity index (χ2n) is 4.71. The zero-order valence-corrected chi connectivity index (χ0v) is 10.6. The molecule has 0 radical (unpaired) electrons. The zero-order valence-electron chi connectivity index (χ0n) is 10.6. The molecule has 0 aliphatic carbocycles. The van der Waals surface area contributed by atoms with E-state index >= 15 is 0 Å². The van der Waals surface area contributed by atoms with Gasteiger partial charge in [-0.25, -0.2) is 0 Å². The van der Waals surface area contributed by atoms with Crippen LogP contribution in [-0.4, -0.2) is 11.8 Å². The van der Waals surface area contributed by atoms with Crippen molar-refractivity contribution < 1.29 is 9.59 Å². The number of benzene rings is 2. The van der Waals surface area contributed by atoms with Crippen LogP contribution < -0.4 is 5.32 Å². The predicted octanol–water partition coefficient (Wildman–Crippen LogP) is 2.47. The van der Waals surface area contributed by atoms with E-state index in [2.05, 4.69) is 5.32 Å². The summed E-state index contributed by atoms with van der Waals surface area (Å²) in [6.45, 7) is 2.01. The molecule has 0 saturated heterocycles. The zero-order chi connectivity index (χ0) is 13.4. The first-order chi connectivity index (χ1) is 9.16. The number of hydrogen-bond acceptors (Lipinski definition) is 2. The topological polar surface area (TPSA) is 46.2 Å². The quantitative estimate of drug-likeness (QED) is 0.791. The van der Waals surface area contributed by atoms with Crippen LogP contribution >= 0.6 is 0 Å². The molecule has 2 aromatic carbocycles. The lowest BCUT2D eigenvalue weighted by Crippen LogP contribution is -2.37. The lowest BCUT2D eigenvalue weighted by Gasteiger charge is -2.19. The van der Waals surface area contributed by atoms with Crippen LogP contribution in [0.2, 0.25) is 0 Å². The minimum Gasteiger partial charge on any atom is -0.292 e. The van der Waals surface area contributed by atoms with Crippen molar-refractivity contribution >= 4 is 11.8 Å². The molecule has 19 heavy (non-hydrogen) atoms. The van der Waals surface area contributed by atoms with Gasteiger partial charge in [0.1, 0.15) is 0 Å². The minimum absolute atomic E-state index is 0.237. The summed E-state index contributed by atoms with van der Waals surface area (Å²) in [5.41, 5.74) is 4.45. The third-order valence-electron chi connectivity index (χ3n) is 3.42. The fourth-order valence-electron chi connectivity index (χ4n) is 2.52. The summed E-state index contributed by atoms with van der Waals surface area (Å²) in [6, 6.07) is 13.6. The third-order valence-corrected chi connectivity index (χ3v) is 3.42. The van der Waals surface area contributed by atoms with Crippen molar-refractivity contribution in [2.45, 2.75) is 13.3 Å². The van der Waals surface area contributed by atoms with Gasteiger partial charge in [-0.15, -0.1) is 0 Å². The Hall–Kier alpha value is -2.42. The van der Waals surface area contributed by atoms with Crippen molar-refractivity contribution in [3.05, 3.63) is 59.2 Å². The maximum absolute atomic E-state index is 12.1. The van der Waals surface area contributed by atoms with Gasteiger partial charge in [0.25, 0.3) is 5.91 Å². The molecule has 2 aromatic rings. The number of rotatable bonds is 1. The molecule has 1 N–H and O–H groups in total. The van der Waals surface area contributed by atoms with E-state index in [-0.39, 0.29) is 18.2 Å². The highest BCUT2D eigenvalue weighted by molar-refractivity contribution is 6.13. The summed E-state index contributed by atoms with van der Waals surface area (Å²) >= 11 is 0. The van der Waals surface area contributed by atoms with Gasteiger partial charge in [-0.3, -0.25) is 14.9 Å². The molecule has 94 valence electrons. The molecule has 1 aliphatic heterocycles. The first-order valence-electron chi connectivity index (χ1n) is 6.19. The third kappa shape index (κ3) is 1.93. The summed E-state index contributed by atoms with van der Waals surface area (Å²) in [5, 5.41) is 2.39. The van der Waals surface area contributed by atoms with Crippen LogP contribution in [-0.2, 0) is 11.2 Å². The number of aryl methyl sites for hydroxylation is 1. The number of hydrogen-bond donors (Lipinski definition) is 1. The van der Waals surface area contributed by atoms with Crippen molar-refractivity contribution in [2.75, 3.05) is 0 Å². The number of fused-ring (bicyclic) bond motifs is 1. The molecular formula is C16H13NO2. The van der Waals surface area contributed by atoms with Gasteiger partial charge in [0.15, 0.2) is 0 Å². The number of imide groups is 1. The fourth-order valence-corrected chi connectivity index (χ4v) is 2.52. The molecule has 0 atom stereocenters. The van der Waals surface area contributed by atoms with Crippen molar-refractivity contribution in [3.8, 4) is 11.1 Å². The van der Waals surface area contributed by atoms with Crippen LogP contribution in [0.4, 0.5) is 0 Å². The van der Waals surface area contributed by atoms with Gasteiger partial charge in [0.2, 0.25) is 5.91 Å². The maximum Gasteiger partial charge on any atom is 0.258 e. The molecule has 3 heteroatoms. The van der Waals surface area contributed by atoms with Gasteiger partial charge in [-0.1, -0.05) is 42.5 Å². The van der Waals surface area contributed by atoms with Gasteiger partial charge < -0.3 is 0 Å². The highest BCUT2D eigenvalue weighted by atomic mass is 16.2. The van der Waals surface area contributed by atoms with Gasteiger partial charge in [-0.2, -0.15) is 0 Å². The largest absolute Gasteiger partial charge is 0.292 e. The van der Waals surface area contributed by atoms with E-state index in [4.69, 9.17) is 0 Å². The first kappa shape index (κ1) is 11.7. The van der Waals surface area contributed by atoms with Gasteiger partial charge in [0, 0.05) is 0 Å². The molecule has 0 fully saturated rings. The van der Waals surface area contributed by atoms with Crippen molar-refractivity contribution in [1.29, 1.82) is 0 Å². The molecule has 3 rings (SSSR count). The second kappa shape index (κ2) is 4.35. The summed E-state index contributed by atoms with van der Waals surface area (Å²) in [7, 11) is 0. The van der Waals surface area contributed by atoms with Crippen LogP contribution in [0.15, 0.2) is 42.5 Å². The smallest absolute Gasteiger partial charge is 0.258 e.